The maximum atomic E-state index is 12.3. The highest BCUT2D eigenvalue weighted by Gasteiger charge is 2.18. The smallest absolute Gasteiger partial charge is 0.318 e. The van der Waals surface area contributed by atoms with Gasteiger partial charge < -0.3 is 9.47 Å². The molecule has 0 fully saturated rings. The van der Waals surface area contributed by atoms with E-state index in [0.717, 1.165) is 11.3 Å². The summed E-state index contributed by atoms with van der Waals surface area (Å²) >= 11 is 0. The van der Waals surface area contributed by atoms with Crippen molar-refractivity contribution in [3.63, 3.8) is 0 Å². The summed E-state index contributed by atoms with van der Waals surface area (Å²) in [6.07, 6.45) is 0. The van der Waals surface area contributed by atoms with Crippen LogP contribution in [0.25, 0.3) is 0 Å². The van der Waals surface area contributed by atoms with E-state index >= 15 is 0 Å². The molecule has 0 aliphatic carbocycles. The van der Waals surface area contributed by atoms with Crippen LogP contribution in [0.1, 0.15) is 18.4 Å². The first-order valence-electron chi connectivity index (χ1n) is 7.82. The first-order valence-corrected chi connectivity index (χ1v) is 7.82. The van der Waals surface area contributed by atoms with E-state index in [4.69, 9.17) is 9.47 Å². The van der Waals surface area contributed by atoms with Gasteiger partial charge in [-0.2, -0.15) is 0 Å². The van der Waals surface area contributed by atoms with Gasteiger partial charge in [0.15, 0.2) is 0 Å². The summed E-state index contributed by atoms with van der Waals surface area (Å²) in [6, 6.07) is 26.1. The fourth-order valence-electron chi connectivity index (χ4n) is 2.30. The minimum Gasteiger partial charge on any atom is -0.457 e. The Morgan fingerprint density at radius 3 is 2.00 bits per heavy atom. The van der Waals surface area contributed by atoms with Crippen LogP contribution in [0.2, 0.25) is 0 Å². The Morgan fingerprint density at radius 1 is 0.750 bits per heavy atom. The van der Waals surface area contributed by atoms with Crippen molar-refractivity contribution in [3.8, 4) is 17.2 Å². The molecule has 1 atom stereocenters. The van der Waals surface area contributed by atoms with Gasteiger partial charge in [0.1, 0.15) is 17.2 Å². The lowest BCUT2D eigenvalue weighted by Crippen LogP contribution is -2.16. The largest absolute Gasteiger partial charge is 0.457 e. The molecule has 24 heavy (non-hydrogen) atoms. The van der Waals surface area contributed by atoms with Crippen LogP contribution in [0.3, 0.4) is 0 Å². The zero-order chi connectivity index (χ0) is 16.8. The van der Waals surface area contributed by atoms with E-state index in [-0.39, 0.29) is 11.9 Å². The van der Waals surface area contributed by atoms with Crippen molar-refractivity contribution in [1.29, 1.82) is 0 Å². The van der Waals surface area contributed by atoms with Crippen LogP contribution in [0.5, 0.6) is 17.2 Å². The molecule has 0 N–H and O–H groups in total. The van der Waals surface area contributed by atoms with Gasteiger partial charge in [-0.1, -0.05) is 48.5 Å². The number of esters is 1. The van der Waals surface area contributed by atoms with E-state index < -0.39 is 0 Å². The Hall–Kier alpha value is -3.07. The Balaban J connectivity index is 1.72. The summed E-state index contributed by atoms with van der Waals surface area (Å²) in [5.74, 6) is 1.32. The molecule has 1 unspecified atom stereocenters. The van der Waals surface area contributed by atoms with Crippen molar-refractivity contribution < 1.29 is 14.3 Å². The summed E-state index contributed by atoms with van der Waals surface area (Å²) in [6.45, 7) is 1.83. The zero-order valence-corrected chi connectivity index (χ0v) is 13.4. The second-order valence-corrected chi connectivity index (χ2v) is 5.44. The molecule has 0 aliphatic rings. The van der Waals surface area contributed by atoms with E-state index in [1.807, 2.05) is 79.7 Å². The molecule has 120 valence electrons. The summed E-state index contributed by atoms with van der Waals surface area (Å²) in [5.41, 5.74) is 0.851. The normalized spacial score (nSPS) is 11.5. The molecule has 0 radical (unpaired) electrons. The van der Waals surface area contributed by atoms with Gasteiger partial charge in [0.25, 0.3) is 0 Å². The highest BCUT2D eigenvalue weighted by molar-refractivity contribution is 5.80. The Bertz CT molecular complexity index is 798. The van der Waals surface area contributed by atoms with E-state index in [1.165, 1.54) is 0 Å². The topological polar surface area (TPSA) is 35.5 Å². The quantitative estimate of drug-likeness (QED) is 0.480. The molecule has 0 heterocycles. The average molecular weight is 318 g/mol. The molecule has 3 aromatic rings. The first kappa shape index (κ1) is 15.8. The number of benzene rings is 3. The predicted octanol–water partition coefficient (Wildman–Crippen LogP) is 5.19. The Morgan fingerprint density at radius 2 is 1.33 bits per heavy atom. The van der Waals surface area contributed by atoms with E-state index in [9.17, 15) is 4.79 Å². The molecule has 0 aromatic heterocycles. The molecule has 3 aromatic carbocycles. The van der Waals surface area contributed by atoms with Crippen molar-refractivity contribution in [2.75, 3.05) is 0 Å². The van der Waals surface area contributed by atoms with Crippen molar-refractivity contribution in [3.05, 3.63) is 90.5 Å². The monoisotopic (exact) mass is 318 g/mol. The maximum absolute atomic E-state index is 12.3. The van der Waals surface area contributed by atoms with Gasteiger partial charge in [0, 0.05) is 0 Å². The van der Waals surface area contributed by atoms with Crippen molar-refractivity contribution in [2.45, 2.75) is 12.8 Å². The second kappa shape index (κ2) is 7.47. The molecule has 0 saturated heterocycles. The lowest BCUT2D eigenvalue weighted by Gasteiger charge is -2.13. The minimum absolute atomic E-state index is 0.293. The molecule has 0 aliphatic heterocycles. The summed E-state index contributed by atoms with van der Waals surface area (Å²) in [7, 11) is 0. The minimum atomic E-state index is -0.385. The molecular weight excluding hydrogens is 300 g/mol. The van der Waals surface area contributed by atoms with Gasteiger partial charge >= 0.3 is 5.97 Å². The maximum Gasteiger partial charge on any atom is 0.318 e. The van der Waals surface area contributed by atoms with Crippen LogP contribution < -0.4 is 9.47 Å². The number of para-hydroxylation sites is 2. The highest BCUT2D eigenvalue weighted by Crippen LogP contribution is 2.26. The van der Waals surface area contributed by atoms with Crippen LogP contribution >= 0.6 is 0 Å². The van der Waals surface area contributed by atoms with Gasteiger partial charge in [-0.25, -0.2) is 0 Å². The van der Waals surface area contributed by atoms with Gasteiger partial charge in [0.2, 0.25) is 0 Å². The number of hydrogen-bond donors (Lipinski definition) is 0. The van der Waals surface area contributed by atoms with Crippen molar-refractivity contribution in [1.82, 2.24) is 0 Å². The zero-order valence-electron chi connectivity index (χ0n) is 13.4. The SMILES string of the molecule is CC(C(=O)Oc1ccccc1)c1cccc(Oc2ccccc2)c1. The van der Waals surface area contributed by atoms with Gasteiger partial charge in [-0.3, -0.25) is 4.79 Å². The van der Waals surface area contributed by atoms with Gasteiger partial charge in [-0.15, -0.1) is 0 Å². The van der Waals surface area contributed by atoms with E-state index in [2.05, 4.69) is 0 Å². The molecule has 3 rings (SSSR count). The molecule has 0 spiro atoms. The van der Waals surface area contributed by atoms with Crippen LogP contribution in [0.15, 0.2) is 84.9 Å². The van der Waals surface area contributed by atoms with Crippen molar-refractivity contribution in [2.24, 2.45) is 0 Å². The Kier molecular flexibility index (Phi) is 4.92. The molecular formula is C21H18O3. The van der Waals surface area contributed by atoms with E-state index in [0.29, 0.717) is 11.5 Å². The number of carbonyl (C=O) groups excluding carboxylic acids is 1. The van der Waals surface area contributed by atoms with Crippen LogP contribution in [-0.2, 0) is 4.79 Å². The molecule has 3 nitrogen and oxygen atoms in total. The lowest BCUT2D eigenvalue weighted by molar-refractivity contribution is -0.135. The van der Waals surface area contributed by atoms with Gasteiger partial charge in [-0.05, 0) is 48.9 Å². The third kappa shape index (κ3) is 4.02. The molecule has 3 heteroatoms. The summed E-state index contributed by atoms with van der Waals surface area (Å²) in [5, 5.41) is 0. The molecule has 0 saturated carbocycles. The van der Waals surface area contributed by atoms with Crippen molar-refractivity contribution >= 4 is 5.97 Å². The fourth-order valence-corrected chi connectivity index (χ4v) is 2.30. The van der Waals surface area contributed by atoms with Crippen LogP contribution in [-0.4, -0.2) is 5.97 Å². The third-order valence-corrected chi connectivity index (χ3v) is 3.65. The summed E-state index contributed by atoms with van der Waals surface area (Å²) in [4.78, 5) is 12.3. The van der Waals surface area contributed by atoms with Gasteiger partial charge in [0.05, 0.1) is 5.92 Å². The summed E-state index contributed by atoms with van der Waals surface area (Å²) < 4.78 is 11.2. The van der Waals surface area contributed by atoms with E-state index in [1.54, 1.807) is 12.1 Å². The number of rotatable bonds is 5. The second-order valence-electron chi connectivity index (χ2n) is 5.44. The predicted molar refractivity (Wildman–Crippen MR) is 93.5 cm³/mol. The highest BCUT2D eigenvalue weighted by atomic mass is 16.5. The number of hydrogen-bond acceptors (Lipinski definition) is 3. The molecule has 0 bridgehead atoms. The molecule has 0 amide bonds. The first-order chi connectivity index (χ1) is 11.7. The number of ether oxygens (including phenoxy) is 2. The fraction of sp³-hybridized carbons (Fsp3) is 0.0952. The standard InChI is InChI=1S/C21H18O3/c1-16(21(22)24-19-12-6-3-7-13-19)17-9-8-14-20(15-17)23-18-10-4-2-5-11-18/h2-16H,1H3. The third-order valence-electron chi connectivity index (χ3n) is 3.65. The Labute approximate surface area is 141 Å². The average Bonchev–Trinajstić information content (AvgIpc) is 2.63. The van der Waals surface area contributed by atoms with Crippen LogP contribution in [0.4, 0.5) is 0 Å². The lowest BCUT2D eigenvalue weighted by atomic mass is 10.0. The van der Waals surface area contributed by atoms with Crippen LogP contribution in [0, 0.1) is 0 Å². The number of carbonyl (C=O) groups is 1.